The number of carbonyl (C=O) groups is 1. The number of allylic oxidation sites excluding steroid dienone is 5. The Balaban J connectivity index is 4.05. The third-order valence-corrected chi connectivity index (χ3v) is 0.922. The van der Waals surface area contributed by atoms with Crippen LogP contribution in [-0.4, -0.2) is 10.9 Å². The molecule has 0 spiro atoms. The molecule has 1 N–H and O–H groups in total. The van der Waals surface area contributed by atoms with E-state index in [1.54, 1.807) is 12.2 Å². The maximum absolute atomic E-state index is 10.4. The summed E-state index contributed by atoms with van der Waals surface area (Å²) in [4.78, 5) is 10.4. The summed E-state index contributed by atoms with van der Waals surface area (Å²) >= 11 is 0. The molecule has 0 aliphatic heterocycles. The van der Waals surface area contributed by atoms with Crippen molar-refractivity contribution in [2.24, 2.45) is 0 Å². The van der Waals surface area contributed by atoms with Crippen LogP contribution in [0.15, 0.2) is 36.1 Å². The van der Waals surface area contributed by atoms with Gasteiger partial charge in [-0.2, -0.15) is 0 Å². The van der Waals surface area contributed by atoms with Gasteiger partial charge < -0.3 is 5.11 Å². The van der Waals surface area contributed by atoms with Gasteiger partial charge in [0.05, 0.1) is 0 Å². The Hall–Kier alpha value is -1.31. The lowest BCUT2D eigenvalue weighted by Gasteiger charge is -1.85. The van der Waals surface area contributed by atoms with Crippen molar-refractivity contribution in [1.29, 1.82) is 0 Å². The number of hydrogen-bond acceptors (Lipinski definition) is 2. The maximum atomic E-state index is 10.4. The van der Waals surface area contributed by atoms with Crippen molar-refractivity contribution >= 4 is 5.78 Å². The van der Waals surface area contributed by atoms with Crippen LogP contribution in [0.25, 0.3) is 0 Å². The van der Waals surface area contributed by atoms with Gasteiger partial charge in [-0.1, -0.05) is 18.2 Å². The van der Waals surface area contributed by atoms with Crippen LogP contribution >= 0.6 is 0 Å². The third-order valence-electron chi connectivity index (χ3n) is 0.922. The average molecular weight is 152 g/mol. The average Bonchev–Trinajstić information content (AvgIpc) is 1.86. The molecule has 11 heavy (non-hydrogen) atoms. The second-order valence-electron chi connectivity index (χ2n) is 2.06. The van der Waals surface area contributed by atoms with Crippen molar-refractivity contribution < 1.29 is 9.90 Å². The monoisotopic (exact) mass is 152 g/mol. The Morgan fingerprint density at radius 3 is 2.45 bits per heavy atom. The van der Waals surface area contributed by atoms with E-state index in [1.165, 1.54) is 19.1 Å². The summed E-state index contributed by atoms with van der Waals surface area (Å²) in [7, 11) is 0. The largest absolute Gasteiger partial charge is 0.508 e. The van der Waals surface area contributed by atoms with Crippen molar-refractivity contribution in [3.05, 3.63) is 36.1 Å². The SMILES string of the molecule is C/C=C/C=C\C(O)=C\C(C)=O. The lowest BCUT2D eigenvalue weighted by molar-refractivity contribution is -0.112. The minimum Gasteiger partial charge on any atom is -0.508 e. The summed E-state index contributed by atoms with van der Waals surface area (Å²) in [5, 5.41) is 8.97. The van der Waals surface area contributed by atoms with Gasteiger partial charge >= 0.3 is 0 Å². The van der Waals surface area contributed by atoms with Crippen LogP contribution < -0.4 is 0 Å². The molecule has 0 aromatic rings. The van der Waals surface area contributed by atoms with Gasteiger partial charge in [0.2, 0.25) is 0 Å². The van der Waals surface area contributed by atoms with Crippen molar-refractivity contribution in [2.45, 2.75) is 13.8 Å². The van der Waals surface area contributed by atoms with Gasteiger partial charge in [0, 0.05) is 6.08 Å². The highest BCUT2D eigenvalue weighted by Gasteiger charge is 1.87. The predicted molar refractivity (Wildman–Crippen MR) is 45.3 cm³/mol. The standard InChI is InChI=1S/C9H12O2/c1-3-4-5-6-9(11)7-8(2)10/h3-7,11H,1-2H3/b4-3+,6-5-,9-7-. The molecule has 0 bridgehead atoms. The summed E-state index contributed by atoms with van der Waals surface area (Å²) in [6.45, 7) is 3.26. The quantitative estimate of drug-likeness (QED) is 0.382. The molecule has 0 amide bonds. The molecule has 0 fully saturated rings. The van der Waals surface area contributed by atoms with E-state index in [4.69, 9.17) is 5.11 Å². The van der Waals surface area contributed by atoms with Gasteiger partial charge in [0.25, 0.3) is 0 Å². The van der Waals surface area contributed by atoms with E-state index >= 15 is 0 Å². The molecule has 0 aromatic carbocycles. The first-order chi connectivity index (χ1) is 5.16. The Morgan fingerprint density at radius 1 is 1.36 bits per heavy atom. The van der Waals surface area contributed by atoms with E-state index in [0.29, 0.717) is 0 Å². The number of rotatable bonds is 3. The predicted octanol–water partition coefficient (Wildman–Crippen LogP) is 2.15. The molecule has 0 unspecified atom stereocenters. The van der Waals surface area contributed by atoms with Crippen LogP contribution in [0, 0.1) is 0 Å². The van der Waals surface area contributed by atoms with Gasteiger partial charge in [-0.25, -0.2) is 0 Å². The maximum Gasteiger partial charge on any atom is 0.156 e. The molecule has 0 heterocycles. The number of aliphatic hydroxyl groups excluding tert-OH is 1. The highest BCUT2D eigenvalue weighted by atomic mass is 16.3. The molecule has 0 saturated heterocycles. The van der Waals surface area contributed by atoms with E-state index in [9.17, 15) is 4.79 Å². The fourth-order valence-corrected chi connectivity index (χ4v) is 0.522. The first-order valence-electron chi connectivity index (χ1n) is 3.37. The van der Waals surface area contributed by atoms with Crippen molar-refractivity contribution in [1.82, 2.24) is 0 Å². The Bertz CT molecular complexity index is 210. The topological polar surface area (TPSA) is 37.3 Å². The Kier molecular flexibility index (Phi) is 4.82. The van der Waals surface area contributed by atoms with Crippen LogP contribution in [0.5, 0.6) is 0 Å². The number of aliphatic hydroxyl groups is 1. The minimum atomic E-state index is -0.160. The van der Waals surface area contributed by atoms with Crippen molar-refractivity contribution in [2.75, 3.05) is 0 Å². The molecule has 0 rings (SSSR count). The fraction of sp³-hybridized carbons (Fsp3) is 0.222. The third kappa shape index (κ3) is 6.58. The lowest BCUT2D eigenvalue weighted by Crippen LogP contribution is -1.84. The van der Waals surface area contributed by atoms with E-state index in [1.807, 2.05) is 13.0 Å². The summed E-state index contributed by atoms with van der Waals surface area (Å²) < 4.78 is 0. The summed E-state index contributed by atoms with van der Waals surface area (Å²) in [5.74, 6) is -0.178. The van der Waals surface area contributed by atoms with Gasteiger partial charge in [0.1, 0.15) is 5.76 Å². The number of hydrogen-bond donors (Lipinski definition) is 1. The van der Waals surface area contributed by atoms with Crippen LogP contribution in [0.4, 0.5) is 0 Å². The van der Waals surface area contributed by atoms with E-state index in [0.717, 1.165) is 0 Å². The van der Waals surface area contributed by atoms with E-state index in [-0.39, 0.29) is 11.5 Å². The molecule has 0 aromatic heterocycles. The zero-order chi connectivity index (χ0) is 8.69. The lowest BCUT2D eigenvalue weighted by atomic mass is 10.3. The van der Waals surface area contributed by atoms with Crippen molar-refractivity contribution in [3.63, 3.8) is 0 Å². The van der Waals surface area contributed by atoms with Gasteiger partial charge in [-0.15, -0.1) is 0 Å². The highest BCUT2D eigenvalue weighted by molar-refractivity contribution is 5.87. The van der Waals surface area contributed by atoms with Crippen LogP contribution in [-0.2, 0) is 4.79 Å². The summed E-state index contributed by atoms with van der Waals surface area (Å²) in [6, 6.07) is 0. The van der Waals surface area contributed by atoms with Gasteiger partial charge in [-0.3, -0.25) is 4.79 Å². The number of carbonyl (C=O) groups excluding carboxylic acids is 1. The van der Waals surface area contributed by atoms with Crippen molar-refractivity contribution in [3.8, 4) is 0 Å². The fourth-order valence-electron chi connectivity index (χ4n) is 0.522. The highest BCUT2D eigenvalue weighted by Crippen LogP contribution is 1.91. The molecular weight excluding hydrogens is 140 g/mol. The Morgan fingerprint density at radius 2 is 2.00 bits per heavy atom. The van der Waals surface area contributed by atoms with Crippen LogP contribution in [0.3, 0.4) is 0 Å². The second-order valence-corrected chi connectivity index (χ2v) is 2.06. The molecule has 0 aliphatic rings. The zero-order valence-corrected chi connectivity index (χ0v) is 6.74. The zero-order valence-electron chi connectivity index (χ0n) is 6.74. The molecule has 60 valence electrons. The summed E-state index contributed by atoms with van der Waals surface area (Å²) in [5.41, 5.74) is 0. The molecule has 0 radical (unpaired) electrons. The molecule has 0 aliphatic carbocycles. The molecule has 0 atom stereocenters. The van der Waals surface area contributed by atoms with Crippen LogP contribution in [0.1, 0.15) is 13.8 Å². The van der Waals surface area contributed by atoms with Gasteiger partial charge in [-0.05, 0) is 19.9 Å². The minimum absolute atomic E-state index is 0.0180. The van der Waals surface area contributed by atoms with Gasteiger partial charge in [0.15, 0.2) is 5.78 Å². The summed E-state index contributed by atoms with van der Waals surface area (Å²) in [6.07, 6.45) is 7.89. The smallest absolute Gasteiger partial charge is 0.156 e. The van der Waals surface area contributed by atoms with E-state index in [2.05, 4.69) is 0 Å². The molecule has 2 heteroatoms. The molecule has 0 saturated carbocycles. The Labute approximate surface area is 66.5 Å². The van der Waals surface area contributed by atoms with Crippen LogP contribution in [0.2, 0.25) is 0 Å². The second kappa shape index (κ2) is 5.47. The normalized spacial score (nSPS) is 13.1. The number of ketones is 1. The van der Waals surface area contributed by atoms with E-state index < -0.39 is 0 Å². The molecular formula is C9H12O2. The first kappa shape index (κ1) is 9.69. The first-order valence-corrected chi connectivity index (χ1v) is 3.37. The molecule has 2 nitrogen and oxygen atoms in total.